The molecule has 17 heavy (non-hydrogen) atoms. The van der Waals surface area contributed by atoms with E-state index in [1.807, 2.05) is 37.3 Å². The van der Waals surface area contributed by atoms with Crippen molar-refractivity contribution in [3.63, 3.8) is 0 Å². The minimum Gasteiger partial charge on any atom is -0.341 e. The normalized spacial score (nSPS) is 14.2. The molecule has 0 heterocycles. The van der Waals surface area contributed by atoms with Crippen LogP contribution in [0.1, 0.15) is 11.1 Å². The van der Waals surface area contributed by atoms with Crippen molar-refractivity contribution in [2.75, 3.05) is 0 Å². The van der Waals surface area contributed by atoms with Gasteiger partial charge in [0.15, 0.2) is 0 Å². The fourth-order valence-electron chi connectivity index (χ4n) is 1.81. The second-order valence-electron chi connectivity index (χ2n) is 4.18. The molecule has 0 saturated carbocycles. The van der Waals surface area contributed by atoms with Gasteiger partial charge in [0.2, 0.25) is 7.37 Å². The van der Waals surface area contributed by atoms with E-state index in [2.05, 4.69) is 0 Å². The minimum atomic E-state index is -3.29. The lowest BCUT2D eigenvalue weighted by Gasteiger charge is -2.12. The Hall–Kier alpha value is -1.37. The first-order valence-corrected chi connectivity index (χ1v) is 7.35. The van der Waals surface area contributed by atoms with Crippen LogP contribution in [0.25, 0.3) is 0 Å². The summed E-state index contributed by atoms with van der Waals surface area (Å²) in [4.78, 5) is 10.1. The van der Waals surface area contributed by atoms with E-state index >= 15 is 0 Å². The molecule has 0 aliphatic heterocycles. The highest BCUT2D eigenvalue weighted by molar-refractivity contribution is 7.65. The molecule has 0 fully saturated rings. The van der Waals surface area contributed by atoms with Crippen LogP contribution in [0, 0.1) is 6.92 Å². The maximum absolute atomic E-state index is 12.3. The molecule has 0 aliphatic carbocycles. The van der Waals surface area contributed by atoms with E-state index in [-0.39, 0.29) is 6.16 Å². The second kappa shape index (κ2) is 4.87. The smallest absolute Gasteiger partial charge is 0.233 e. The van der Waals surface area contributed by atoms with Crippen molar-refractivity contribution < 1.29 is 9.46 Å². The minimum absolute atomic E-state index is 0.193. The van der Waals surface area contributed by atoms with Gasteiger partial charge in [-0.3, -0.25) is 4.57 Å². The molecule has 2 aromatic rings. The van der Waals surface area contributed by atoms with E-state index < -0.39 is 7.37 Å². The average molecular weight is 246 g/mol. The van der Waals surface area contributed by atoms with Crippen molar-refractivity contribution in [3.05, 3.63) is 65.7 Å². The molecule has 2 rings (SSSR count). The Kier molecular flexibility index (Phi) is 3.46. The highest BCUT2D eigenvalue weighted by atomic mass is 31.2. The molecule has 2 nitrogen and oxygen atoms in total. The third kappa shape index (κ3) is 3.06. The Bertz CT molecular complexity index is 549. The first kappa shape index (κ1) is 12.1. The van der Waals surface area contributed by atoms with Gasteiger partial charge in [0.1, 0.15) is 0 Å². The molecule has 1 unspecified atom stereocenters. The Balaban J connectivity index is 2.27. The van der Waals surface area contributed by atoms with Gasteiger partial charge in [-0.1, -0.05) is 48.0 Å². The van der Waals surface area contributed by atoms with E-state index in [1.54, 1.807) is 24.3 Å². The quantitative estimate of drug-likeness (QED) is 0.845. The largest absolute Gasteiger partial charge is 0.341 e. The molecule has 0 spiro atoms. The van der Waals surface area contributed by atoms with Crippen LogP contribution in [-0.4, -0.2) is 4.89 Å². The summed E-state index contributed by atoms with van der Waals surface area (Å²) in [6.45, 7) is 1.98. The zero-order chi connectivity index (χ0) is 12.3. The van der Waals surface area contributed by atoms with Gasteiger partial charge in [0.25, 0.3) is 0 Å². The van der Waals surface area contributed by atoms with Crippen LogP contribution in [-0.2, 0) is 10.7 Å². The molecule has 1 atom stereocenters. The summed E-state index contributed by atoms with van der Waals surface area (Å²) in [6.07, 6.45) is 0.193. The lowest BCUT2D eigenvalue weighted by molar-refractivity contribution is 0.489. The molecule has 2 aromatic carbocycles. The van der Waals surface area contributed by atoms with E-state index in [4.69, 9.17) is 0 Å². The maximum Gasteiger partial charge on any atom is 0.233 e. The van der Waals surface area contributed by atoms with Gasteiger partial charge in [-0.2, -0.15) is 0 Å². The standard InChI is InChI=1S/C14H15O2P/c1-12-6-5-7-13(10-12)11-17(15,16)14-8-3-2-4-9-14/h2-10H,11H2,1H3,(H,15,16). The zero-order valence-corrected chi connectivity index (χ0v) is 10.6. The van der Waals surface area contributed by atoms with E-state index in [1.165, 1.54) is 0 Å². The Morgan fingerprint density at radius 2 is 1.76 bits per heavy atom. The summed E-state index contributed by atoms with van der Waals surface area (Å²) in [6, 6.07) is 16.6. The number of hydrogen-bond donors (Lipinski definition) is 1. The number of hydrogen-bond acceptors (Lipinski definition) is 1. The predicted octanol–water partition coefficient (Wildman–Crippen LogP) is 3.09. The SMILES string of the molecule is Cc1cccc(CP(=O)(O)c2ccccc2)c1. The van der Waals surface area contributed by atoms with Gasteiger partial charge in [0, 0.05) is 5.30 Å². The van der Waals surface area contributed by atoms with Gasteiger partial charge in [0.05, 0.1) is 6.16 Å². The lowest BCUT2D eigenvalue weighted by Crippen LogP contribution is -2.05. The van der Waals surface area contributed by atoms with E-state index in [0.29, 0.717) is 5.30 Å². The van der Waals surface area contributed by atoms with Gasteiger partial charge >= 0.3 is 0 Å². The summed E-state index contributed by atoms with van der Waals surface area (Å²) in [7, 11) is -3.29. The molecule has 0 aromatic heterocycles. The first-order valence-electron chi connectivity index (χ1n) is 5.51. The van der Waals surface area contributed by atoms with Crippen molar-refractivity contribution in [1.82, 2.24) is 0 Å². The number of aryl methyl sites for hydroxylation is 1. The molecule has 0 aliphatic rings. The monoisotopic (exact) mass is 246 g/mol. The Morgan fingerprint density at radius 1 is 1.06 bits per heavy atom. The molecule has 0 bridgehead atoms. The van der Waals surface area contributed by atoms with Gasteiger partial charge in [-0.15, -0.1) is 0 Å². The molecular formula is C14H15O2P. The van der Waals surface area contributed by atoms with Crippen LogP contribution in [0.4, 0.5) is 0 Å². The van der Waals surface area contributed by atoms with Crippen molar-refractivity contribution in [2.24, 2.45) is 0 Å². The highest BCUT2D eigenvalue weighted by Crippen LogP contribution is 2.43. The van der Waals surface area contributed by atoms with Crippen LogP contribution in [0.15, 0.2) is 54.6 Å². The predicted molar refractivity (Wildman–Crippen MR) is 70.8 cm³/mol. The summed E-state index contributed by atoms with van der Waals surface area (Å²) < 4.78 is 12.3. The van der Waals surface area contributed by atoms with E-state index in [0.717, 1.165) is 11.1 Å². The number of rotatable bonds is 3. The first-order chi connectivity index (χ1) is 8.08. The van der Waals surface area contributed by atoms with Crippen molar-refractivity contribution in [2.45, 2.75) is 13.1 Å². The van der Waals surface area contributed by atoms with Crippen LogP contribution >= 0.6 is 7.37 Å². The second-order valence-corrected chi connectivity index (χ2v) is 6.42. The topological polar surface area (TPSA) is 37.3 Å². The summed E-state index contributed by atoms with van der Waals surface area (Å²) in [5.74, 6) is 0. The van der Waals surface area contributed by atoms with Crippen molar-refractivity contribution in [3.8, 4) is 0 Å². The molecular weight excluding hydrogens is 231 g/mol. The van der Waals surface area contributed by atoms with Gasteiger partial charge < -0.3 is 4.89 Å². The molecule has 3 heteroatoms. The van der Waals surface area contributed by atoms with Crippen LogP contribution in [0.2, 0.25) is 0 Å². The maximum atomic E-state index is 12.3. The van der Waals surface area contributed by atoms with E-state index in [9.17, 15) is 9.46 Å². The van der Waals surface area contributed by atoms with Gasteiger partial charge in [-0.25, -0.2) is 0 Å². The highest BCUT2D eigenvalue weighted by Gasteiger charge is 2.21. The summed E-state index contributed by atoms with van der Waals surface area (Å²) in [5.41, 5.74) is 2.01. The molecule has 88 valence electrons. The number of benzene rings is 2. The molecule has 0 saturated heterocycles. The van der Waals surface area contributed by atoms with Crippen molar-refractivity contribution in [1.29, 1.82) is 0 Å². The summed E-state index contributed by atoms with van der Waals surface area (Å²) in [5, 5.41) is 0.515. The third-order valence-corrected chi connectivity index (χ3v) is 4.54. The van der Waals surface area contributed by atoms with Crippen LogP contribution < -0.4 is 5.30 Å². The zero-order valence-electron chi connectivity index (χ0n) is 9.71. The van der Waals surface area contributed by atoms with Gasteiger partial charge in [-0.05, 0) is 24.6 Å². The van der Waals surface area contributed by atoms with Crippen LogP contribution in [0.5, 0.6) is 0 Å². The summed E-state index contributed by atoms with van der Waals surface area (Å²) >= 11 is 0. The fraction of sp³-hybridized carbons (Fsp3) is 0.143. The Morgan fingerprint density at radius 3 is 2.41 bits per heavy atom. The van der Waals surface area contributed by atoms with Crippen LogP contribution in [0.3, 0.4) is 0 Å². The molecule has 0 radical (unpaired) electrons. The molecule has 1 N–H and O–H groups in total. The lowest BCUT2D eigenvalue weighted by atomic mass is 10.2. The Labute approximate surface area is 101 Å². The fourth-order valence-corrected chi connectivity index (χ4v) is 3.32. The third-order valence-electron chi connectivity index (χ3n) is 2.64. The molecule has 0 amide bonds. The average Bonchev–Trinajstić information content (AvgIpc) is 2.29. The van der Waals surface area contributed by atoms with Crippen molar-refractivity contribution >= 4 is 12.7 Å².